The van der Waals surface area contributed by atoms with Crippen LogP contribution in [0.4, 0.5) is 17.2 Å². The van der Waals surface area contributed by atoms with Gasteiger partial charge in [-0.3, -0.25) is 9.59 Å². The summed E-state index contributed by atoms with van der Waals surface area (Å²) < 4.78 is 4.89. The standard InChI is InChI=1S/C19H24N4O3S/c1-13-9-15(23-7-3-4-8-23)5-6-16(13)20-18(24)11-27-12-19(25)21-17-10-14(2)26-22-17/h5-6,9-10H,3-4,7-8,11-12H2,1-2H3,(H,20,24)(H,21,22,25). The van der Waals surface area contributed by atoms with E-state index < -0.39 is 0 Å². The smallest absolute Gasteiger partial charge is 0.235 e. The number of carbonyl (C=O) groups is 2. The Balaban J connectivity index is 1.43. The van der Waals surface area contributed by atoms with Crippen molar-refractivity contribution >= 4 is 40.8 Å². The van der Waals surface area contributed by atoms with Gasteiger partial charge in [0, 0.05) is 30.5 Å². The number of thioether (sulfide) groups is 1. The van der Waals surface area contributed by atoms with E-state index in [4.69, 9.17) is 4.52 Å². The van der Waals surface area contributed by atoms with Crippen LogP contribution in [-0.4, -0.2) is 41.6 Å². The van der Waals surface area contributed by atoms with Crippen LogP contribution in [0.5, 0.6) is 0 Å². The van der Waals surface area contributed by atoms with Crippen LogP contribution in [0.3, 0.4) is 0 Å². The van der Waals surface area contributed by atoms with Crippen molar-refractivity contribution in [1.29, 1.82) is 0 Å². The summed E-state index contributed by atoms with van der Waals surface area (Å²) in [5.41, 5.74) is 3.06. The first-order chi connectivity index (χ1) is 13.0. The van der Waals surface area contributed by atoms with Crippen LogP contribution in [0.15, 0.2) is 28.8 Å². The van der Waals surface area contributed by atoms with Gasteiger partial charge in [-0.15, -0.1) is 11.8 Å². The zero-order valence-corrected chi connectivity index (χ0v) is 16.4. The van der Waals surface area contributed by atoms with E-state index in [0.29, 0.717) is 11.6 Å². The Morgan fingerprint density at radius 2 is 1.81 bits per heavy atom. The maximum atomic E-state index is 12.1. The Morgan fingerprint density at radius 3 is 2.44 bits per heavy atom. The summed E-state index contributed by atoms with van der Waals surface area (Å²) >= 11 is 1.25. The van der Waals surface area contributed by atoms with Gasteiger partial charge in [-0.25, -0.2) is 0 Å². The van der Waals surface area contributed by atoms with Crippen LogP contribution in [0.25, 0.3) is 0 Å². The van der Waals surface area contributed by atoms with E-state index in [9.17, 15) is 9.59 Å². The Bertz CT molecular complexity index is 815. The SMILES string of the molecule is Cc1cc(NC(=O)CSCC(=O)Nc2ccc(N3CCCC3)cc2C)no1. The van der Waals surface area contributed by atoms with Gasteiger partial charge >= 0.3 is 0 Å². The molecule has 2 aromatic rings. The van der Waals surface area contributed by atoms with Gasteiger partial charge in [-0.1, -0.05) is 5.16 Å². The number of carbonyl (C=O) groups excluding carboxylic acids is 2. The number of hydrogen-bond acceptors (Lipinski definition) is 6. The number of nitrogens with zero attached hydrogens (tertiary/aromatic N) is 2. The Morgan fingerprint density at radius 1 is 1.11 bits per heavy atom. The van der Waals surface area contributed by atoms with Crippen molar-refractivity contribution in [2.24, 2.45) is 0 Å². The number of nitrogens with one attached hydrogen (secondary N) is 2. The minimum Gasteiger partial charge on any atom is -0.372 e. The van der Waals surface area contributed by atoms with Gasteiger partial charge in [-0.05, 0) is 50.5 Å². The molecule has 3 rings (SSSR count). The number of benzene rings is 1. The number of aromatic nitrogens is 1. The summed E-state index contributed by atoms with van der Waals surface area (Å²) in [5.74, 6) is 1.05. The van der Waals surface area contributed by atoms with Crippen molar-refractivity contribution in [2.45, 2.75) is 26.7 Å². The molecule has 0 atom stereocenters. The van der Waals surface area contributed by atoms with Gasteiger partial charge in [-0.2, -0.15) is 0 Å². The summed E-state index contributed by atoms with van der Waals surface area (Å²) in [5, 5.41) is 9.25. The molecule has 0 unspecified atom stereocenters. The Labute approximate surface area is 162 Å². The number of anilines is 3. The van der Waals surface area contributed by atoms with Crippen LogP contribution in [0.1, 0.15) is 24.2 Å². The fraction of sp³-hybridized carbons (Fsp3) is 0.421. The van der Waals surface area contributed by atoms with E-state index in [-0.39, 0.29) is 23.3 Å². The molecule has 0 spiro atoms. The zero-order valence-electron chi connectivity index (χ0n) is 15.6. The maximum Gasteiger partial charge on any atom is 0.235 e. The number of rotatable bonds is 7. The third-order valence-corrected chi connectivity index (χ3v) is 5.25. The first-order valence-corrected chi connectivity index (χ1v) is 10.1. The lowest BCUT2D eigenvalue weighted by molar-refractivity contribution is -0.114. The predicted octanol–water partition coefficient (Wildman–Crippen LogP) is 3.20. The van der Waals surface area contributed by atoms with E-state index in [1.165, 1.54) is 30.3 Å². The maximum absolute atomic E-state index is 12.1. The van der Waals surface area contributed by atoms with Crippen molar-refractivity contribution in [3.8, 4) is 0 Å². The average molecular weight is 388 g/mol. The van der Waals surface area contributed by atoms with E-state index in [1.807, 2.05) is 13.0 Å². The van der Waals surface area contributed by atoms with E-state index in [2.05, 4.69) is 32.8 Å². The van der Waals surface area contributed by atoms with Crippen LogP contribution in [0, 0.1) is 13.8 Å². The highest BCUT2D eigenvalue weighted by Crippen LogP contribution is 2.25. The molecule has 27 heavy (non-hydrogen) atoms. The fourth-order valence-electron chi connectivity index (χ4n) is 2.99. The van der Waals surface area contributed by atoms with Crippen molar-refractivity contribution in [1.82, 2.24) is 5.16 Å². The highest BCUT2D eigenvalue weighted by Gasteiger charge is 2.14. The Kier molecular flexibility index (Phi) is 6.39. The minimum atomic E-state index is -0.216. The van der Waals surface area contributed by atoms with E-state index >= 15 is 0 Å². The molecule has 2 amide bonds. The molecular weight excluding hydrogens is 364 g/mol. The third-order valence-electron chi connectivity index (χ3n) is 4.32. The molecule has 2 heterocycles. The van der Waals surface area contributed by atoms with Crippen molar-refractivity contribution in [3.05, 3.63) is 35.6 Å². The summed E-state index contributed by atoms with van der Waals surface area (Å²) in [6.07, 6.45) is 2.47. The normalized spacial score (nSPS) is 13.6. The molecule has 8 heteroatoms. The lowest BCUT2D eigenvalue weighted by Crippen LogP contribution is -2.20. The second-order valence-electron chi connectivity index (χ2n) is 6.61. The molecule has 144 valence electrons. The molecule has 7 nitrogen and oxygen atoms in total. The molecule has 0 radical (unpaired) electrons. The quantitative estimate of drug-likeness (QED) is 0.757. The fourth-order valence-corrected chi connectivity index (χ4v) is 3.60. The molecule has 1 aromatic heterocycles. The first-order valence-electron chi connectivity index (χ1n) is 8.97. The molecule has 0 saturated carbocycles. The van der Waals surface area contributed by atoms with Gasteiger partial charge in [0.1, 0.15) is 5.76 Å². The monoisotopic (exact) mass is 388 g/mol. The first kappa shape index (κ1) is 19.3. The molecule has 2 N–H and O–H groups in total. The molecule has 1 fully saturated rings. The van der Waals surface area contributed by atoms with Crippen molar-refractivity contribution in [3.63, 3.8) is 0 Å². The molecular formula is C19H24N4O3S. The van der Waals surface area contributed by atoms with Crippen LogP contribution in [-0.2, 0) is 9.59 Å². The third kappa shape index (κ3) is 5.50. The number of amides is 2. The lowest BCUT2D eigenvalue weighted by atomic mass is 10.1. The largest absolute Gasteiger partial charge is 0.372 e. The molecule has 0 aliphatic carbocycles. The van der Waals surface area contributed by atoms with Gasteiger partial charge in [0.25, 0.3) is 0 Å². The van der Waals surface area contributed by atoms with Gasteiger partial charge in [0.15, 0.2) is 5.82 Å². The molecule has 1 saturated heterocycles. The van der Waals surface area contributed by atoms with Gasteiger partial charge < -0.3 is 20.1 Å². The van der Waals surface area contributed by atoms with Crippen molar-refractivity contribution < 1.29 is 14.1 Å². The molecule has 0 bridgehead atoms. The van der Waals surface area contributed by atoms with E-state index in [1.54, 1.807) is 13.0 Å². The summed E-state index contributed by atoms with van der Waals surface area (Å²) in [4.78, 5) is 26.3. The minimum absolute atomic E-state index is 0.123. The highest BCUT2D eigenvalue weighted by molar-refractivity contribution is 8.00. The summed E-state index contributed by atoms with van der Waals surface area (Å²) in [6, 6.07) is 7.75. The number of aryl methyl sites for hydroxylation is 2. The second-order valence-corrected chi connectivity index (χ2v) is 7.59. The second kappa shape index (κ2) is 8.94. The van der Waals surface area contributed by atoms with Crippen LogP contribution >= 0.6 is 11.8 Å². The predicted molar refractivity (Wildman–Crippen MR) is 108 cm³/mol. The van der Waals surface area contributed by atoms with Crippen molar-refractivity contribution in [2.75, 3.05) is 40.1 Å². The average Bonchev–Trinajstić information content (AvgIpc) is 3.28. The topological polar surface area (TPSA) is 87.5 Å². The molecule has 1 aromatic carbocycles. The Hall–Kier alpha value is -2.48. The molecule has 1 aliphatic rings. The molecule has 1 aliphatic heterocycles. The highest BCUT2D eigenvalue weighted by atomic mass is 32.2. The van der Waals surface area contributed by atoms with Crippen LogP contribution < -0.4 is 15.5 Å². The van der Waals surface area contributed by atoms with Crippen LogP contribution in [0.2, 0.25) is 0 Å². The zero-order chi connectivity index (χ0) is 19.2. The van der Waals surface area contributed by atoms with Gasteiger partial charge in [0.05, 0.1) is 11.5 Å². The van der Waals surface area contributed by atoms with Gasteiger partial charge in [0.2, 0.25) is 11.8 Å². The number of hydrogen-bond donors (Lipinski definition) is 2. The van der Waals surface area contributed by atoms with E-state index in [0.717, 1.165) is 24.3 Å². The summed E-state index contributed by atoms with van der Waals surface area (Å²) in [6.45, 7) is 5.94. The lowest BCUT2D eigenvalue weighted by Gasteiger charge is -2.19. The summed E-state index contributed by atoms with van der Waals surface area (Å²) in [7, 11) is 0.